The summed E-state index contributed by atoms with van der Waals surface area (Å²) in [5.41, 5.74) is 1.02. The third-order valence-corrected chi connectivity index (χ3v) is 4.47. The topological polar surface area (TPSA) is 55.8 Å². The van der Waals surface area contributed by atoms with Crippen LogP contribution < -0.4 is 9.47 Å². The van der Waals surface area contributed by atoms with Crippen LogP contribution in [0.25, 0.3) is 0 Å². The number of fused-ring (bicyclic) bond motifs is 1. The fourth-order valence-electron chi connectivity index (χ4n) is 1.79. The van der Waals surface area contributed by atoms with E-state index in [4.69, 9.17) is 26.2 Å². The van der Waals surface area contributed by atoms with Crippen molar-refractivity contribution in [3.8, 4) is 11.5 Å². The Balaban J connectivity index is 2.01. The van der Waals surface area contributed by atoms with Gasteiger partial charge >= 0.3 is 5.97 Å². The highest BCUT2D eigenvalue weighted by atomic mass is 35.5. The highest BCUT2D eigenvalue weighted by molar-refractivity contribution is 7.98. The largest absolute Gasteiger partial charge is 0.489 e. The molecule has 1 aliphatic heterocycles. The highest BCUT2D eigenvalue weighted by Crippen LogP contribution is 2.38. The smallest absolute Gasteiger partial charge is 0.307 e. The maximum absolute atomic E-state index is 10.8. The Morgan fingerprint density at radius 3 is 2.95 bits per heavy atom. The number of halogens is 1. The minimum Gasteiger partial charge on any atom is -0.489 e. The molecule has 1 unspecified atom stereocenters. The molecule has 0 aromatic heterocycles. The second-order valence-electron chi connectivity index (χ2n) is 4.71. The molecule has 0 saturated heterocycles. The van der Waals surface area contributed by atoms with E-state index in [1.165, 1.54) is 0 Å². The minimum atomic E-state index is -0.769. The molecule has 0 spiro atoms. The monoisotopic (exact) mass is 316 g/mol. The molecule has 0 radical (unpaired) electrons. The molecular weight excluding hydrogens is 300 g/mol. The summed E-state index contributed by atoms with van der Waals surface area (Å²) in [6.07, 6.45) is 0.839. The van der Waals surface area contributed by atoms with E-state index in [0.717, 1.165) is 12.0 Å². The number of rotatable bonds is 5. The fraction of sp³-hybridized carbons (Fsp3) is 0.500. The van der Waals surface area contributed by atoms with Crippen LogP contribution in [0.2, 0.25) is 5.02 Å². The summed E-state index contributed by atoms with van der Waals surface area (Å²) in [5, 5.41) is 9.39. The molecule has 1 aromatic rings. The Morgan fingerprint density at radius 1 is 1.45 bits per heavy atom. The van der Waals surface area contributed by atoms with E-state index in [1.54, 1.807) is 18.7 Å². The Morgan fingerprint density at radius 2 is 2.20 bits per heavy atom. The molecule has 0 bridgehead atoms. The van der Waals surface area contributed by atoms with Crippen molar-refractivity contribution in [3.05, 3.63) is 22.7 Å². The third-order valence-electron chi connectivity index (χ3n) is 2.92. The van der Waals surface area contributed by atoms with Gasteiger partial charge in [-0.3, -0.25) is 4.79 Å². The lowest BCUT2D eigenvalue weighted by molar-refractivity contribution is -0.140. The molecule has 4 nitrogen and oxygen atoms in total. The van der Waals surface area contributed by atoms with Crippen molar-refractivity contribution < 1.29 is 19.4 Å². The Kier molecular flexibility index (Phi) is 5.43. The van der Waals surface area contributed by atoms with Gasteiger partial charge in [0.15, 0.2) is 11.5 Å². The summed E-state index contributed by atoms with van der Waals surface area (Å²) in [4.78, 5) is 10.8. The second-order valence-corrected chi connectivity index (χ2v) is 6.15. The number of aliphatic carboxylic acids is 1. The van der Waals surface area contributed by atoms with Crippen LogP contribution in [0.1, 0.15) is 18.9 Å². The van der Waals surface area contributed by atoms with Crippen LogP contribution in [0.4, 0.5) is 0 Å². The summed E-state index contributed by atoms with van der Waals surface area (Å²) in [6.45, 7) is 2.93. The summed E-state index contributed by atoms with van der Waals surface area (Å²) in [5.74, 6) is 1.44. The first-order valence-corrected chi connectivity index (χ1v) is 7.99. The molecule has 0 fully saturated rings. The fourth-order valence-corrected chi connectivity index (χ4v) is 3.10. The number of thioether (sulfide) groups is 1. The zero-order valence-corrected chi connectivity index (χ0v) is 12.8. The van der Waals surface area contributed by atoms with Gasteiger partial charge in [-0.05, 0) is 17.7 Å². The second kappa shape index (κ2) is 7.09. The number of carboxylic acids is 1. The SMILES string of the molecule is CC(CSCc1cc(Cl)c2c(c1)OCCCO2)C(=O)O. The maximum atomic E-state index is 10.8. The van der Waals surface area contributed by atoms with E-state index < -0.39 is 5.97 Å². The molecule has 1 aromatic carbocycles. The van der Waals surface area contributed by atoms with Gasteiger partial charge < -0.3 is 14.6 Å². The first kappa shape index (κ1) is 15.3. The molecule has 1 heterocycles. The van der Waals surface area contributed by atoms with Crippen LogP contribution in [0.3, 0.4) is 0 Å². The zero-order valence-electron chi connectivity index (χ0n) is 11.2. The van der Waals surface area contributed by atoms with Gasteiger partial charge in [0.2, 0.25) is 0 Å². The lowest BCUT2D eigenvalue weighted by Gasteiger charge is -2.12. The molecule has 20 heavy (non-hydrogen) atoms. The summed E-state index contributed by atoms with van der Waals surface area (Å²) in [6, 6.07) is 3.78. The van der Waals surface area contributed by atoms with Gasteiger partial charge in [0.25, 0.3) is 0 Å². The van der Waals surface area contributed by atoms with E-state index in [-0.39, 0.29) is 5.92 Å². The number of benzene rings is 1. The number of ether oxygens (including phenoxy) is 2. The van der Waals surface area contributed by atoms with Crippen molar-refractivity contribution in [1.82, 2.24) is 0 Å². The molecule has 0 aliphatic carbocycles. The van der Waals surface area contributed by atoms with Crippen molar-refractivity contribution in [2.75, 3.05) is 19.0 Å². The van der Waals surface area contributed by atoms with E-state index in [1.807, 2.05) is 12.1 Å². The van der Waals surface area contributed by atoms with Gasteiger partial charge in [0.05, 0.1) is 24.2 Å². The van der Waals surface area contributed by atoms with Crippen LogP contribution in [-0.4, -0.2) is 30.0 Å². The molecule has 1 atom stereocenters. The molecule has 2 rings (SSSR count). The Hall–Kier alpha value is -1.07. The van der Waals surface area contributed by atoms with E-state index >= 15 is 0 Å². The Labute approximate surface area is 127 Å². The summed E-state index contributed by atoms with van der Waals surface area (Å²) < 4.78 is 11.2. The average Bonchev–Trinajstić information content (AvgIpc) is 2.64. The van der Waals surface area contributed by atoms with E-state index in [2.05, 4.69) is 0 Å². The van der Waals surface area contributed by atoms with Crippen LogP contribution >= 0.6 is 23.4 Å². The van der Waals surface area contributed by atoms with Crippen LogP contribution in [-0.2, 0) is 10.5 Å². The number of carboxylic acid groups (broad SMARTS) is 1. The van der Waals surface area contributed by atoms with Crippen molar-refractivity contribution in [2.24, 2.45) is 5.92 Å². The lowest BCUT2D eigenvalue weighted by Crippen LogP contribution is -2.11. The maximum Gasteiger partial charge on any atom is 0.307 e. The van der Waals surface area contributed by atoms with Gasteiger partial charge in [-0.2, -0.15) is 11.8 Å². The molecule has 0 amide bonds. The van der Waals surface area contributed by atoms with Crippen molar-refractivity contribution in [3.63, 3.8) is 0 Å². The minimum absolute atomic E-state index is 0.351. The van der Waals surface area contributed by atoms with Crippen molar-refractivity contribution >= 4 is 29.3 Å². The van der Waals surface area contributed by atoms with Crippen LogP contribution in [0.15, 0.2) is 12.1 Å². The molecule has 1 aliphatic rings. The van der Waals surface area contributed by atoms with Gasteiger partial charge in [0, 0.05) is 17.9 Å². The van der Waals surface area contributed by atoms with Gasteiger partial charge in [-0.1, -0.05) is 18.5 Å². The normalized spacial score (nSPS) is 15.5. The van der Waals surface area contributed by atoms with Gasteiger partial charge in [-0.25, -0.2) is 0 Å². The molecule has 1 N–H and O–H groups in total. The summed E-state index contributed by atoms with van der Waals surface area (Å²) >= 11 is 7.77. The average molecular weight is 317 g/mol. The van der Waals surface area contributed by atoms with Gasteiger partial charge in [0.1, 0.15) is 0 Å². The first-order chi connectivity index (χ1) is 9.58. The van der Waals surface area contributed by atoms with Crippen LogP contribution in [0, 0.1) is 5.92 Å². The van der Waals surface area contributed by atoms with E-state index in [0.29, 0.717) is 41.2 Å². The molecule has 0 saturated carbocycles. The highest BCUT2D eigenvalue weighted by Gasteiger charge is 2.16. The molecular formula is C14H17ClO4S. The molecule has 6 heteroatoms. The zero-order chi connectivity index (χ0) is 14.5. The Bertz CT molecular complexity index is 492. The van der Waals surface area contributed by atoms with Crippen molar-refractivity contribution in [2.45, 2.75) is 19.1 Å². The van der Waals surface area contributed by atoms with Crippen LogP contribution in [0.5, 0.6) is 11.5 Å². The number of carbonyl (C=O) groups is 1. The van der Waals surface area contributed by atoms with Gasteiger partial charge in [-0.15, -0.1) is 0 Å². The van der Waals surface area contributed by atoms with Crippen molar-refractivity contribution in [1.29, 1.82) is 0 Å². The third kappa shape index (κ3) is 3.96. The standard InChI is InChI=1S/C14H17ClO4S/c1-9(14(16)17)7-20-8-10-5-11(15)13-12(6-10)18-3-2-4-19-13/h5-6,9H,2-4,7-8H2,1H3,(H,16,17). The van der Waals surface area contributed by atoms with E-state index in [9.17, 15) is 4.79 Å². The lowest BCUT2D eigenvalue weighted by atomic mass is 10.2. The molecule has 110 valence electrons. The predicted molar refractivity (Wildman–Crippen MR) is 80.0 cm³/mol. The number of hydrogen-bond donors (Lipinski definition) is 1. The number of hydrogen-bond acceptors (Lipinski definition) is 4. The quantitative estimate of drug-likeness (QED) is 0.901. The first-order valence-electron chi connectivity index (χ1n) is 6.46. The predicted octanol–water partition coefficient (Wildman–Crippen LogP) is 3.46. The summed E-state index contributed by atoms with van der Waals surface area (Å²) in [7, 11) is 0.